The third-order valence-corrected chi connectivity index (χ3v) is 2.99. The Labute approximate surface area is 110 Å². The van der Waals surface area contributed by atoms with Gasteiger partial charge in [-0.3, -0.25) is 0 Å². The monoisotopic (exact) mass is 251 g/mol. The third-order valence-electron chi connectivity index (χ3n) is 2.99. The lowest BCUT2D eigenvalue weighted by Crippen LogP contribution is -2.32. The highest BCUT2D eigenvalue weighted by Crippen LogP contribution is 2.13. The van der Waals surface area contributed by atoms with Crippen molar-refractivity contribution >= 4 is 0 Å². The molecule has 18 heavy (non-hydrogen) atoms. The maximum Gasteiger partial charge on any atom is 0.118 e. The van der Waals surface area contributed by atoms with Crippen molar-refractivity contribution in [3.63, 3.8) is 0 Å². The molecule has 0 amide bonds. The van der Waals surface area contributed by atoms with Crippen molar-refractivity contribution in [1.29, 1.82) is 0 Å². The fraction of sp³-hybridized carbons (Fsp3) is 0.600. The topological polar surface area (TPSA) is 30.5 Å². The molecule has 1 N–H and O–H groups in total. The standard InChI is InChI=1S/C15H25NO2/c1-4-10-16-14(9-11-17-2)12-13-5-7-15(18-3)8-6-13/h5-8,14,16H,4,9-12H2,1-3H3. The van der Waals surface area contributed by atoms with Crippen LogP contribution in [0.25, 0.3) is 0 Å². The zero-order valence-electron chi connectivity index (χ0n) is 11.7. The van der Waals surface area contributed by atoms with Crippen LogP contribution in [0.3, 0.4) is 0 Å². The van der Waals surface area contributed by atoms with Crippen molar-refractivity contribution in [2.75, 3.05) is 27.4 Å². The minimum atomic E-state index is 0.485. The van der Waals surface area contributed by atoms with Gasteiger partial charge in [-0.05, 0) is 43.5 Å². The molecule has 1 rings (SSSR count). The Balaban J connectivity index is 2.51. The van der Waals surface area contributed by atoms with Gasteiger partial charge in [-0.1, -0.05) is 19.1 Å². The number of hydrogen-bond donors (Lipinski definition) is 1. The first-order valence-electron chi connectivity index (χ1n) is 6.65. The Bertz CT molecular complexity index is 303. The van der Waals surface area contributed by atoms with E-state index in [1.807, 2.05) is 12.1 Å². The van der Waals surface area contributed by atoms with Crippen molar-refractivity contribution < 1.29 is 9.47 Å². The van der Waals surface area contributed by atoms with Crippen LogP contribution < -0.4 is 10.1 Å². The summed E-state index contributed by atoms with van der Waals surface area (Å²) in [5.74, 6) is 0.911. The van der Waals surface area contributed by atoms with Crippen LogP contribution in [0.15, 0.2) is 24.3 Å². The summed E-state index contributed by atoms with van der Waals surface area (Å²) in [6.07, 6.45) is 3.24. The zero-order valence-corrected chi connectivity index (χ0v) is 11.7. The molecule has 0 bridgehead atoms. The van der Waals surface area contributed by atoms with Crippen molar-refractivity contribution in [3.05, 3.63) is 29.8 Å². The molecule has 0 aliphatic heterocycles. The molecule has 0 radical (unpaired) electrons. The predicted molar refractivity (Wildman–Crippen MR) is 75.3 cm³/mol. The Hall–Kier alpha value is -1.06. The van der Waals surface area contributed by atoms with E-state index in [1.54, 1.807) is 14.2 Å². The number of methoxy groups -OCH3 is 2. The lowest BCUT2D eigenvalue weighted by molar-refractivity contribution is 0.182. The van der Waals surface area contributed by atoms with Gasteiger partial charge >= 0.3 is 0 Å². The second kappa shape index (κ2) is 8.95. The van der Waals surface area contributed by atoms with Crippen molar-refractivity contribution in [2.24, 2.45) is 0 Å². The van der Waals surface area contributed by atoms with Gasteiger partial charge in [0.2, 0.25) is 0 Å². The van der Waals surface area contributed by atoms with E-state index in [0.717, 1.165) is 38.2 Å². The minimum absolute atomic E-state index is 0.485. The Morgan fingerprint density at radius 1 is 1.17 bits per heavy atom. The number of rotatable bonds is 9. The van der Waals surface area contributed by atoms with Crippen LogP contribution in [0.1, 0.15) is 25.3 Å². The van der Waals surface area contributed by atoms with Crippen molar-refractivity contribution in [2.45, 2.75) is 32.2 Å². The van der Waals surface area contributed by atoms with Crippen LogP contribution in [0.5, 0.6) is 5.75 Å². The van der Waals surface area contributed by atoms with Crippen LogP contribution in [-0.4, -0.2) is 33.4 Å². The SMILES string of the molecule is CCCNC(CCOC)Cc1ccc(OC)cc1. The number of hydrogen-bond acceptors (Lipinski definition) is 3. The van der Waals surface area contributed by atoms with E-state index < -0.39 is 0 Å². The number of ether oxygens (including phenoxy) is 2. The summed E-state index contributed by atoms with van der Waals surface area (Å²) < 4.78 is 10.3. The van der Waals surface area contributed by atoms with Crippen LogP contribution in [0.4, 0.5) is 0 Å². The van der Waals surface area contributed by atoms with E-state index in [2.05, 4.69) is 24.4 Å². The van der Waals surface area contributed by atoms with Crippen molar-refractivity contribution in [1.82, 2.24) is 5.32 Å². The predicted octanol–water partition coefficient (Wildman–Crippen LogP) is 2.64. The van der Waals surface area contributed by atoms with E-state index in [0.29, 0.717) is 6.04 Å². The first-order chi connectivity index (χ1) is 8.80. The smallest absolute Gasteiger partial charge is 0.118 e. The van der Waals surface area contributed by atoms with Gasteiger partial charge < -0.3 is 14.8 Å². The van der Waals surface area contributed by atoms with Crippen LogP contribution in [-0.2, 0) is 11.2 Å². The highest BCUT2D eigenvalue weighted by atomic mass is 16.5. The average Bonchev–Trinajstić information content (AvgIpc) is 2.42. The average molecular weight is 251 g/mol. The minimum Gasteiger partial charge on any atom is -0.497 e. The van der Waals surface area contributed by atoms with Crippen LogP contribution in [0, 0.1) is 0 Å². The number of nitrogens with one attached hydrogen (secondary N) is 1. The van der Waals surface area contributed by atoms with Crippen molar-refractivity contribution in [3.8, 4) is 5.75 Å². The summed E-state index contributed by atoms with van der Waals surface area (Å²) in [4.78, 5) is 0. The molecule has 0 saturated heterocycles. The van der Waals surface area contributed by atoms with Gasteiger partial charge in [-0.25, -0.2) is 0 Å². The zero-order chi connectivity index (χ0) is 13.2. The van der Waals surface area contributed by atoms with Gasteiger partial charge in [0.1, 0.15) is 5.75 Å². The molecule has 0 aliphatic carbocycles. The first-order valence-corrected chi connectivity index (χ1v) is 6.65. The summed E-state index contributed by atoms with van der Waals surface area (Å²) >= 11 is 0. The highest BCUT2D eigenvalue weighted by molar-refractivity contribution is 5.27. The van der Waals surface area contributed by atoms with Gasteiger partial charge in [0.25, 0.3) is 0 Å². The second-order valence-electron chi connectivity index (χ2n) is 4.48. The molecular formula is C15H25NO2. The molecule has 1 aromatic carbocycles. The highest BCUT2D eigenvalue weighted by Gasteiger charge is 2.08. The molecule has 1 atom stereocenters. The molecule has 3 heteroatoms. The fourth-order valence-electron chi connectivity index (χ4n) is 1.93. The molecule has 1 aromatic rings. The van der Waals surface area contributed by atoms with E-state index in [1.165, 1.54) is 5.56 Å². The summed E-state index contributed by atoms with van der Waals surface area (Å²) in [7, 11) is 3.45. The summed E-state index contributed by atoms with van der Waals surface area (Å²) in [5.41, 5.74) is 1.33. The van der Waals surface area contributed by atoms with Gasteiger partial charge in [-0.2, -0.15) is 0 Å². The molecule has 0 saturated carbocycles. The normalized spacial score (nSPS) is 12.4. The first kappa shape index (κ1) is 15.0. The van der Waals surface area contributed by atoms with E-state index in [4.69, 9.17) is 9.47 Å². The lowest BCUT2D eigenvalue weighted by atomic mass is 10.0. The molecule has 0 aliphatic rings. The Morgan fingerprint density at radius 3 is 2.44 bits per heavy atom. The maximum absolute atomic E-state index is 5.17. The molecule has 1 unspecified atom stereocenters. The summed E-state index contributed by atoms with van der Waals surface area (Å²) in [5, 5.41) is 3.57. The van der Waals surface area contributed by atoms with Gasteiger partial charge in [0.05, 0.1) is 7.11 Å². The van der Waals surface area contributed by atoms with Gasteiger partial charge in [0, 0.05) is 19.8 Å². The molecule has 0 aromatic heterocycles. The molecule has 0 heterocycles. The Kier molecular flexibility index (Phi) is 7.46. The quantitative estimate of drug-likeness (QED) is 0.732. The second-order valence-corrected chi connectivity index (χ2v) is 4.48. The van der Waals surface area contributed by atoms with E-state index in [9.17, 15) is 0 Å². The Morgan fingerprint density at radius 2 is 1.89 bits per heavy atom. The van der Waals surface area contributed by atoms with Gasteiger partial charge in [0.15, 0.2) is 0 Å². The molecule has 0 fully saturated rings. The van der Waals surface area contributed by atoms with Crippen LogP contribution >= 0.6 is 0 Å². The summed E-state index contributed by atoms with van der Waals surface area (Å²) in [6, 6.07) is 8.78. The van der Waals surface area contributed by atoms with E-state index >= 15 is 0 Å². The molecular weight excluding hydrogens is 226 g/mol. The fourth-order valence-corrected chi connectivity index (χ4v) is 1.93. The summed E-state index contributed by atoms with van der Waals surface area (Å²) in [6.45, 7) is 4.05. The molecule has 3 nitrogen and oxygen atoms in total. The number of benzene rings is 1. The third kappa shape index (κ3) is 5.52. The van der Waals surface area contributed by atoms with E-state index in [-0.39, 0.29) is 0 Å². The molecule has 102 valence electrons. The maximum atomic E-state index is 5.17. The molecule has 0 spiro atoms. The largest absolute Gasteiger partial charge is 0.497 e. The lowest BCUT2D eigenvalue weighted by Gasteiger charge is -2.18. The van der Waals surface area contributed by atoms with Gasteiger partial charge in [-0.15, -0.1) is 0 Å². The van der Waals surface area contributed by atoms with Crippen LogP contribution in [0.2, 0.25) is 0 Å².